The predicted molar refractivity (Wildman–Crippen MR) is 96.9 cm³/mol. The average molecular weight is 387 g/mol. The Labute approximate surface area is 152 Å². The zero-order valence-corrected chi connectivity index (χ0v) is 16.2. The summed E-state index contributed by atoms with van der Waals surface area (Å²) in [7, 11) is -3.64. The Morgan fingerprint density at radius 3 is 2.42 bits per heavy atom. The first-order valence-electron chi connectivity index (χ1n) is 8.42. The summed E-state index contributed by atoms with van der Waals surface area (Å²) in [6, 6.07) is 0.855. The lowest BCUT2D eigenvalue weighted by Gasteiger charge is -2.35. The van der Waals surface area contributed by atoms with E-state index in [4.69, 9.17) is 19.5 Å². The van der Waals surface area contributed by atoms with Crippen molar-refractivity contribution in [3.63, 3.8) is 0 Å². The van der Waals surface area contributed by atoms with Gasteiger partial charge in [-0.05, 0) is 39.8 Å². The molecule has 1 aromatic heterocycles. The summed E-state index contributed by atoms with van der Waals surface area (Å²) in [4.78, 5) is 15.7. The summed E-state index contributed by atoms with van der Waals surface area (Å²) in [6.45, 7) is 6.58. The molecule has 1 aromatic rings. The van der Waals surface area contributed by atoms with Crippen molar-refractivity contribution < 1.29 is 23.5 Å². The monoisotopic (exact) mass is 387 g/mol. The van der Waals surface area contributed by atoms with E-state index in [1.54, 1.807) is 33.8 Å². The van der Waals surface area contributed by atoms with E-state index in [2.05, 4.69) is 4.98 Å². The molecule has 146 valence electrons. The smallest absolute Gasteiger partial charge is 0.363 e. The second-order valence-corrected chi connectivity index (χ2v) is 8.52. The summed E-state index contributed by atoms with van der Waals surface area (Å²) >= 11 is 0. The van der Waals surface area contributed by atoms with Crippen molar-refractivity contribution in [3.8, 4) is 0 Å². The summed E-state index contributed by atoms with van der Waals surface area (Å²) in [5.41, 5.74) is 4.93. The molecule has 26 heavy (non-hydrogen) atoms. The zero-order chi connectivity index (χ0) is 19.5. The van der Waals surface area contributed by atoms with Crippen LogP contribution in [-0.2, 0) is 18.3 Å². The molecule has 0 amide bonds. The number of anilines is 1. The normalized spacial score (nSPS) is 23.7. The van der Waals surface area contributed by atoms with E-state index in [0.717, 1.165) is 0 Å². The van der Waals surface area contributed by atoms with Gasteiger partial charge >= 0.3 is 13.3 Å². The number of ether oxygens (including phenoxy) is 1. The van der Waals surface area contributed by atoms with Crippen molar-refractivity contribution >= 4 is 13.4 Å². The molecular formula is C16H26N3O6P. The van der Waals surface area contributed by atoms with Crippen molar-refractivity contribution in [3.05, 3.63) is 34.9 Å². The molecule has 0 saturated carbocycles. The minimum atomic E-state index is -3.64. The van der Waals surface area contributed by atoms with Crippen LogP contribution in [0.4, 0.5) is 5.82 Å². The number of nitrogen functional groups attached to an aromatic ring is 1. The van der Waals surface area contributed by atoms with Gasteiger partial charge in [0.15, 0.2) is 5.85 Å². The highest BCUT2D eigenvalue weighted by Crippen LogP contribution is 2.57. The summed E-state index contributed by atoms with van der Waals surface area (Å²) in [6.07, 6.45) is 3.13. The van der Waals surface area contributed by atoms with E-state index < -0.39 is 37.9 Å². The first-order chi connectivity index (χ1) is 12.2. The third kappa shape index (κ3) is 4.81. The van der Waals surface area contributed by atoms with E-state index in [1.165, 1.54) is 22.9 Å². The summed E-state index contributed by atoms with van der Waals surface area (Å²) in [5, 5.41) is 9.72. The fourth-order valence-electron chi connectivity index (χ4n) is 2.63. The first kappa shape index (κ1) is 20.8. The molecule has 3 N–H and O–H groups in total. The van der Waals surface area contributed by atoms with Crippen LogP contribution in [0.2, 0.25) is 0 Å². The molecule has 0 aromatic carbocycles. The number of hydrogen-bond donors (Lipinski definition) is 2. The topological polar surface area (TPSA) is 126 Å². The van der Waals surface area contributed by atoms with Gasteiger partial charge in [-0.15, -0.1) is 0 Å². The van der Waals surface area contributed by atoms with E-state index in [1.807, 2.05) is 0 Å². The molecule has 0 radical (unpaired) electrons. The molecule has 0 bridgehead atoms. The number of nitrogens with two attached hydrogens (primary N) is 1. The zero-order valence-electron chi connectivity index (χ0n) is 15.3. The fraction of sp³-hybridized carbons (Fsp3) is 0.625. The van der Waals surface area contributed by atoms with Crippen LogP contribution in [-0.4, -0.2) is 45.4 Å². The molecule has 0 aliphatic carbocycles. The number of aliphatic hydroxyl groups is 1. The SMILES string of the molecule is CC(C)OP(=O)(OC(C)C)[C@H]1C=C[C@@H](n2ccc(N)nc2=O)[C@@H](CO)O1. The van der Waals surface area contributed by atoms with Crippen LogP contribution in [0.15, 0.2) is 29.2 Å². The van der Waals surface area contributed by atoms with Gasteiger partial charge in [-0.1, -0.05) is 6.08 Å². The van der Waals surface area contributed by atoms with Gasteiger partial charge in [0.2, 0.25) is 0 Å². The largest absolute Gasteiger partial charge is 0.394 e. The lowest BCUT2D eigenvalue weighted by atomic mass is 10.1. The van der Waals surface area contributed by atoms with Crippen LogP contribution in [0.25, 0.3) is 0 Å². The molecule has 0 unspecified atom stereocenters. The van der Waals surface area contributed by atoms with Crippen molar-refractivity contribution in [1.82, 2.24) is 9.55 Å². The maximum Gasteiger partial charge on any atom is 0.363 e. The number of aromatic nitrogens is 2. The van der Waals surface area contributed by atoms with E-state index >= 15 is 0 Å². The van der Waals surface area contributed by atoms with E-state index in [0.29, 0.717) is 0 Å². The van der Waals surface area contributed by atoms with Crippen molar-refractivity contribution in [1.29, 1.82) is 0 Å². The lowest BCUT2D eigenvalue weighted by molar-refractivity contribution is -0.0340. The minimum absolute atomic E-state index is 0.102. The van der Waals surface area contributed by atoms with Crippen LogP contribution in [0.3, 0.4) is 0 Å². The van der Waals surface area contributed by atoms with Gasteiger partial charge in [0.05, 0.1) is 24.9 Å². The number of hydrogen-bond acceptors (Lipinski definition) is 8. The number of nitrogens with zero attached hydrogens (tertiary/aromatic N) is 2. The Kier molecular flexibility index (Phi) is 6.76. The van der Waals surface area contributed by atoms with Crippen LogP contribution in [0.1, 0.15) is 33.7 Å². The number of rotatable bonds is 7. The standard InChI is InChI=1S/C16H26N3O6P/c1-10(2)24-26(22,25-11(3)4)15-6-5-12(13(9-20)23-15)19-8-7-14(17)18-16(19)21/h5-8,10-13,15,20H,9H2,1-4H3,(H2,17,18,21)/t12-,13-,15+/m1/s1. The van der Waals surface area contributed by atoms with Crippen LogP contribution in [0, 0.1) is 0 Å². The van der Waals surface area contributed by atoms with Gasteiger partial charge in [-0.3, -0.25) is 9.13 Å². The van der Waals surface area contributed by atoms with Crippen molar-refractivity contribution in [2.75, 3.05) is 12.3 Å². The van der Waals surface area contributed by atoms with Crippen LogP contribution < -0.4 is 11.4 Å². The first-order valence-corrected chi connectivity index (χ1v) is 10.0. The fourth-order valence-corrected chi connectivity index (χ4v) is 4.71. The molecular weight excluding hydrogens is 361 g/mol. The Bertz CT molecular complexity index is 734. The Morgan fingerprint density at radius 1 is 1.31 bits per heavy atom. The maximum absolute atomic E-state index is 13.2. The second kappa shape index (κ2) is 8.45. The third-order valence-electron chi connectivity index (χ3n) is 3.55. The lowest BCUT2D eigenvalue weighted by Crippen LogP contribution is -2.40. The molecule has 10 heteroatoms. The molecule has 0 saturated heterocycles. The van der Waals surface area contributed by atoms with Gasteiger partial charge in [-0.2, -0.15) is 4.98 Å². The van der Waals surface area contributed by atoms with Gasteiger partial charge in [-0.25, -0.2) is 4.79 Å². The highest BCUT2D eigenvalue weighted by Gasteiger charge is 2.42. The molecule has 3 atom stereocenters. The summed E-state index contributed by atoms with van der Waals surface area (Å²) in [5.74, 6) is -0.885. The second-order valence-electron chi connectivity index (χ2n) is 6.51. The van der Waals surface area contributed by atoms with Gasteiger partial charge in [0.25, 0.3) is 0 Å². The van der Waals surface area contributed by atoms with Gasteiger partial charge < -0.3 is 24.6 Å². The highest BCUT2D eigenvalue weighted by molar-refractivity contribution is 7.54. The summed E-state index contributed by atoms with van der Waals surface area (Å²) < 4.78 is 31.4. The van der Waals surface area contributed by atoms with Crippen LogP contribution in [0.5, 0.6) is 0 Å². The highest BCUT2D eigenvalue weighted by atomic mass is 31.2. The van der Waals surface area contributed by atoms with E-state index in [9.17, 15) is 14.5 Å². The third-order valence-corrected chi connectivity index (χ3v) is 5.90. The maximum atomic E-state index is 13.2. The van der Waals surface area contributed by atoms with E-state index in [-0.39, 0.29) is 18.0 Å². The van der Waals surface area contributed by atoms with Gasteiger partial charge in [0, 0.05) is 6.20 Å². The molecule has 1 aliphatic heterocycles. The Hall–Kier alpha value is -1.51. The molecule has 2 rings (SSSR count). The minimum Gasteiger partial charge on any atom is -0.394 e. The quantitative estimate of drug-likeness (QED) is 0.535. The predicted octanol–water partition coefficient (Wildman–Crippen LogP) is 1.68. The Balaban J connectivity index is 2.35. The van der Waals surface area contributed by atoms with Crippen molar-refractivity contribution in [2.24, 2.45) is 0 Å². The molecule has 2 heterocycles. The van der Waals surface area contributed by atoms with Crippen LogP contribution >= 0.6 is 7.60 Å². The molecule has 9 nitrogen and oxygen atoms in total. The Morgan fingerprint density at radius 2 is 1.92 bits per heavy atom. The van der Waals surface area contributed by atoms with Gasteiger partial charge in [0.1, 0.15) is 11.9 Å². The van der Waals surface area contributed by atoms with Crippen molar-refractivity contribution in [2.45, 2.75) is 57.9 Å². The molecule has 0 spiro atoms. The molecule has 1 aliphatic rings. The average Bonchev–Trinajstić information content (AvgIpc) is 2.53. The number of aliphatic hydroxyl groups excluding tert-OH is 1. The molecule has 0 fully saturated rings.